The highest BCUT2D eigenvalue weighted by Gasteiger charge is 2.22. The Bertz CT molecular complexity index is 1370. The predicted octanol–water partition coefficient (Wildman–Crippen LogP) is 3.64. The molecular formula is C26H28N2O8S. The van der Waals surface area contributed by atoms with Gasteiger partial charge in [0.15, 0.2) is 18.1 Å². The summed E-state index contributed by atoms with van der Waals surface area (Å²) in [5.74, 6) is -0.253. The zero-order chi connectivity index (χ0) is 27.2. The molecule has 0 atom stereocenters. The summed E-state index contributed by atoms with van der Waals surface area (Å²) in [5, 5.41) is 2.61. The first-order chi connectivity index (χ1) is 17.6. The number of carbonyl (C=O) groups is 2. The summed E-state index contributed by atoms with van der Waals surface area (Å²) >= 11 is 0. The summed E-state index contributed by atoms with van der Waals surface area (Å²) in [4.78, 5) is 24.9. The number of sulfonamides is 1. The molecule has 1 amide bonds. The van der Waals surface area contributed by atoms with Crippen LogP contribution in [0.15, 0.2) is 65.6 Å². The van der Waals surface area contributed by atoms with Crippen LogP contribution < -0.4 is 23.8 Å². The SMILES string of the molecule is COC(=O)c1cc(OC)c(OC)cc1NC(=O)COc1ccc(N(C)S(=O)(=O)c2ccc(C)cc2)cc1. The molecule has 0 spiro atoms. The van der Waals surface area contributed by atoms with E-state index < -0.39 is 21.9 Å². The predicted molar refractivity (Wildman–Crippen MR) is 138 cm³/mol. The van der Waals surface area contributed by atoms with Crippen LogP contribution >= 0.6 is 0 Å². The fourth-order valence-corrected chi connectivity index (χ4v) is 4.55. The second kappa shape index (κ2) is 11.7. The van der Waals surface area contributed by atoms with E-state index in [2.05, 4.69) is 5.32 Å². The van der Waals surface area contributed by atoms with Gasteiger partial charge in [0, 0.05) is 19.2 Å². The van der Waals surface area contributed by atoms with E-state index >= 15 is 0 Å². The van der Waals surface area contributed by atoms with E-state index in [-0.39, 0.29) is 22.8 Å². The number of benzene rings is 3. The van der Waals surface area contributed by atoms with Crippen LogP contribution in [0, 0.1) is 6.92 Å². The molecule has 0 unspecified atom stereocenters. The van der Waals surface area contributed by atoms with Gasteiger partial charge in [-0.15, -0.1) is 0 Å². The molecule has 0 bridgehead atoms. The fraction of sp³-hybridized carbons (Fsp3) is 0.231. The lowest BCUT2D eigenvalue weighted by Crippen LogP contribution is -2.26. The van der Waals surface area contributed by atoms with Crippen LogP contribution in [0.2, 0.25) is 0 Å². The van der Waals surface area contributed by atoms with Gasteiger partial charge in [-0.25, -0.2) is 13.2 Å². The number of anilines is 2. The van der Waals surface area contributed by atoms with E-state index in [1.807, 2.05) is 6.92 Å². The normalized spacial score (nSPS) is 10.8. The minimum atomic E-state index is -3.73. The molecule has 0 heterocycles. The number of carbonyl (C=O) groups excluding carboxylic acids is 2. The van der Waals surface area contributed by atoms with Crippen molar-refractivity contribution in [1.82, 2.24) is 0 Å². The molecule has 37 heavy (non-hydrogen) atoms. The van der Waals surface area contributed by atoms with E-state index in [0.717, 1.165) is 5.56 Å². The van der Waals surface area contributed by atoms with Crippen LogP contribution in [0.3, 0.4) is 0 Å². The molecule has 0 aliphatic carbocycles. The second-order valence-electron chi connectivity index (χ2n) is 7.86. The van der Waals surface area contributed by atoms with E-state index in [0.29, 0.717) is 22.9 Å². The molecule has 3 aromatic rings. The van der Waals surface area contributed by atoms with Crippen LogP contribution in [0.25, 0.3) is 0 Å². The van der Waals surface area contributed by atoms with Crippen LogP contribution in [0.4, 0.5) is 11.4 Å². The topological polar surface area (TPSA) is 120 Å². The molecule has 10 nitrogen and oxygen atoms in total. The van der Waals surface area contributed by atoms with Crippen molar-refractivity contribution in [2.24, 2.45) is 0 Å². The van der Waals surface area contributed by atoms with E-state index in [1.54, 1.807) is 48.5 Å². The van der Waals surface area contributed by atoms with Gasteiger partial charge in [-0.3, -0.25) is 9.10 Å². The molecule has 0 aliphatic rings. The molecule has 3 rings (SSSR count). The molecule has 11 heteroatoms. The monoisotopic (exact) mass is 528 g/mol. The highest BCUT2D eigenvalue weighted by molar-refractivity contribution is 7.92. The number of amides is 1. The maximum absolute atomic E-state index is 12.9. The molecule has 0 saturated heterocycles. The van der Waals surface area contributed by atoms with Crippen molar-refractivity contribution in [1.29, 1.82) is 0 Å². The molecule has 0 fully saturated rings. The molecule has 0 radical (unpaired) electrons. The standard InChI is InChI=1S/C26H28N2O8S/c1-17-6-12-20(13-7-17)37(31,32)28(2)18-8-10-19(11-9-18)36-16-25(29)27-22-15-24(34-4)23(33-3)14-21(22)26(30)35-5/h6-15H,16H2,1-5H3,(H,27,29). The van der Waals surface area contributed by atoms with Crippen molar-refractivity contribution in [2.75, 3.05) is 44.6 Å². The van der Waals surface area contributed by atoms with E-state index in [9.17, 15) is 18.0 Å². The second-order valence-corrected chi connectivity index (χ2v) is 9.83. The van der Waals surface area contributed by atoms with Crippen molar-refractivity contribution in [3.05, 3.63) is 71.8 Å². The van der Waals surface area contributed by atoms with Crippen molar-refractivity contribution in [3.8, 4) is 17.2 Å². The van der Waals surface area contributed by atoms with Gasteiger partial charge in [-0.1, -0.05) is 17.7 Å². The lowest BCUT2D eigenvalue weighted by atomic mass is 10.1. The minimum Gasteiger partial charge on any atom is -0.493 e. The highest BCUT2D eigenvalue weighted by atomic mass is 32.2. The van der Waals surface area contributed by atoms with Crippen molar-refractivity contribution in [3.63, 3.8) is 0 Å². The lowest BCUT2D eigenvalue weighted by Gasteiger charge is -2.20. The maximum Gasteiger partial charge on any atom is 0.340 e. The number of aryl methyl sites for hydroxylation is 1. The molecule has 196 valence electrons. The summed E-state index contributed by atoms with van der Waals surface area (Å²) in [6.07, 6.45) is 0. The molecule has 1 N–H and O–H groups in total. The Hall–Kier alpha value is -4.25. The number of nitrogens with one attached hydrogen (secondary N) is 1. The zero-order valence-corrected chi connectivity index (χ0v) is 21.9. The third kappa shape index (κ3) is 6.31. The fourth-order valence-electron chi connectivity index (χ4n) is 3.36. The average molecular weight is 529 g/mol. The average Bonchev–Trinajstić information content (AvgIpc) is 2.91. The summed E-state index contributed by atoms with van der Waals surface area (Å²) in [6, 6.07) is 15.7. The first-order valence-electron chi connectivity index (χ1n) is 11.0. The number of ether oxygens (including phenoxy) is 4. The van der Waals surface area contributed by atoms with Crippen molar-refractivity contribution >= 4 is 33.3 Å². The molecule has 0 aliphatic heterocycles. The number of esters is 1. The van der Waals surface area contributed by atoms with Gasteiger partial charge in [0.05, 0.1) is 43.2 Å². The first-order valence-corrected chi connectivity index (χ1v) is 12.5. The largest absolute Gasteiger partial charge is 0.493 e. The third-order valence-corrected chi connectivity index (χ3v) is 7.25. The summed E-state index contributed by atoms with van der Waals surface area (Å²) in [7, 11) is 1.80. The molecule has 0 saturated carbocycles. The third-order valence-electron chi connectivity index (χ3n) is 5.45. The Morgan fingerprint density at radius 2 is 1.49 bits per heavy atom. The molecule has 0 aromatic heterocycles. The Labute approximate surface area is 215 Å². The van der Waals surface area contributed by atoms with Gasteiger partial charge < -0.3 is 24.3 Å². The number of rotatable bonds is 10. The van der Waals surface area contributed by atoms with Gasteiger partial charge in [0.1, 0.15) is 5.75 Å². The van der Waals surface area contributed by atoms with Crippen molar-refractivity contribution < 1.29 is 37.0 Å². The number of nitrogens with zero attached hydrogens (tertiary/aromatic N) is 1. The van der Waals surface area contributed by atoms with Crippen LogP contribution in [0.1, 0.15) is 15.9 Å². The summed E-state index contributed by atoms with van der Waals surface area (Å²) in [6.45, 7) is 1.51. The minimum absolute atomic E-state index is 0.0793. The van der Waals surface area contributed by atoms with E-state index in [4.69, 9.17) is 18.9 Å². The Kier molecular flexibility index (Phi) is 8.61. The smallest absolute Gasteiger partial charge is 0.340 e. The first kappa shape index (κ1) is 27.3. The van der Waals surface area contributed by atoms with Crippen LogP contribution in [0.5, 0.6) is 17.2 Å². The number of hydrogen-bond donors (Lipinski definition) is 1. The van der Waals surface area contributed by atoms with Gasteiger partial charge in [-0.2, -0.15) is 0 Å². The Balaban J connectivity index is 1.68. The highest BCUT2D eigenvalue weighted by Crippen LogP contribution is 2.34. The van der Waals surface area contributed by atoms with E-state index in [1.165, 1.54) is 44.8 Å². The number of methoxy groups -OCH3 is 3. The lowest BCUT2D eigenvalue weighted by molar-refractivity contribution is -0.118. The summed E-state index contributed by atoms with van der Waals surface area (Å²) < 4.78 is 47.7. The van der Waals surface area contributed by atoms with Crippen molar-refractivity contribution in [2.45, 2.75) is 11.8 Å². The maximum atomic E-state index is 12.9. The summed E-state index contributed by atoms with van der Waals surface area (Å²) in [5.41, 5.74) is 1.62. The Morgan fingerprint density at radius 3 is 2.05 bits per heavy atom. The molecule has 3 aromatic carbocycles. The van der Waals surface area contributed by atoms with Gasteiger partial charge in [0.2, 0.25) is 0 Å². The van der Waals surface area contributed by atoms with Gasteiger partial charge >= 0.3 is 5.97 Å². The van der Waals surface area contributed by atoms with Gasteiger partial charge in [-0.05, 0) is 43.3 Å². The van der Waals surface area contributed by atoms with Crippen LogP contribution in [-0.4, -0.2) is 55.3 Å². The number of hydrogen-bond acceptors (Lipinski definition) is 8. The molecular weight excluding hydrogens is 500 g/mol. The quantitative estimate of drug-likeness (QED) is 0.396. The zero-order valence-electron chi connectivity index (χ0n) is 21.1. The van der Waals surface area contributed by atoms with Crippen LogP contribution in [-0.2, 0) is 19.6 Å². The van der Waals surface area contributed by atoms with Gasteiger partial charge in [0.25, 0.3) is 15.9 Å². The Morgan fingerprint density at radius 1 is 0.892 bits per heavy atom.